The second-order valence-electron chi connectivity index (χ2n) is 5.38. The number of ether oxygens (including phenoxy) is 2. The summed E-state index contributed by atoms with van der Waals surface area (Å²) in [5, 5.41) is 3.52. The molecule has 1 fully saturated rings. The van der Waals surface area contributed by atoms with Crippen LogP contribution in [0.4, 0.5) is 0 Å². The minimum absolute atomic E-state index is 0.440. The van der Waals surface area contributed by atoms with Crippen molar-refractivity contribution in [2.75, 3.05) is 26.4 Å². The molecule has 0 aromatic heterocycles. The van der Waals surface area contributed by atoms with E-state index in [1.54, 1.807) is 0 Å². The van der Waals surface area contributed by atoms with Crippen LogP contribution in [0.5, 0.6) is 0 Å². The molecule has 3 nitrogen and oxygen atoms in total. The summed E-state index contributed by atoms with van der Waals surface area (Å²) >= 11 is 0. The van der Waals surface area contributed by atoms with E-state index in [0.29, 0.717) is 18.1 Å². The van der Waals surface area contributed by atoms with Gasteiger partial charge in [-0.05, 0) is 38.1 Å². The van der Waals surface area contributed by atoms with Crippen LogP contribution >= 0.6 is 0 Å². The molecular formula is C14H29NO2. The van der Waals surface area contributed by atoms with Crippen LogP contribution in [-0.4, -0.2) is 38.5 Å². The van der Waals surface area contributed by atoms with Crippen LogP contribution in [0.2, 0.25) is 0 Å². The lowest BCUT2D eigenvalue weighted by atomic mass is 9.93. The zero-order valence-corrected chi connectivity index (χ0v) is 11.7. The van der Waals surface area contributed by atoms with Gasteiger partial charge in [0.2, 0.25) is 0 Å². The van der Waals surface area contributed by atoms with Crippen LogP contribution in [-0.2, 0) is 9.47 Å². The maximum Gasteiger partial charge on any atom is 0.0704 e. The summed E-state index contributed by atoms with van der Waals surface area (Å²) in [6, 6.07) is 0.662. The van der Waals surface area contributed by atoms with Crippen molar-refractivity contribution >= 4 is 0 Å². The molecule has 0 amide bonds. The van der Waals surface area contributed by atoms with Gasteiger partial charge in [-0.3, -0.25) is 0 Å². The summed E-state index contributed by atoms with van der Waals surface area (Å²) < 4.78 is 11.4. The van der Waals surface area contributed by atoms with Crippen LogP contribution in [0.3, 0.4) is 0 Å². The molecule has 1 rings (SSSR count). The zero-order chi connectivity index (χ0) is 12.5. The minimum atomic E-state index is 0.440. The second-order valence-corrected chi connectivity index (χ2v) is 5.38. The molecule has 0 aromatic carbocycles. The molecule has 0 saturated heterocycles. The average Bonchev–Trinajstić information content (AvgIpc) is 2.29. The van der Waals surface area contributed by atoms with E-state index in [9.17, 15) is 0 Å². The first-order valence-corrected chi connectivity index (χ1v) is 7.15. The molecule has 0 aromatic rings. The quantitative estimate of drug-likeness (QED) is 0.665. The third-order valence-corrected chi connectivity index (χ3v) is 3.15. The van der Waals surface area contributed by atoms with E-state index in [2.05, 4.69) is 26.1 Å². The van der Waals surface area contributed by atoms with Gasteiger partial charge in [-0.2, -0.15) is 0 Å². The summed E-state index contributed by atoms with van der Waals surface area (Å²) in [6.07, 6.45) is 5.41. The highest BCUT2D eigenvalue weighted by atomic mass is 16.5. The molecule has 2 atom stereocenters. The Morgan fingerprint density at radius 1 is 1.24 bits per heavy atom. The second kappa shape index (κ2) is 8.90. The van der Waals surface area contributed by atoms with Crippen LogP contribution in [0.1, 0.15) is 46.5 Å². The third kappa shape index (κ3) is 7.02. The highest BCUT2D eigenvalue weighted by Crippen LogP contribution is 2.21. The Morgan fingerprint density at radius 3 is 2.76 bits per heavy atom. The smallest absolute Gasteiger partial charge is 0.0704 e. The standard InChI is InChI=1S/C14H29NO2/c1-4-15-13-6-5-7-14(10-13)17-9-8-16-11-12(2)3/h12-15H,4-11H2,1-3H3. The van der Waals surface area contributed by atoms with E-state index < -0.39 is 0 Å². The third-order valence-electron chi connectivity index (χ3n) is 3.15. The van der Waals surface area contributed by atoms with Gasteiger partial charge in [0.1, 0.15) is 0 Å². The summed E-state index contributed by atoms with van der Waals surface area (Å²) in [5.41, 5.74) is 0. The van der Waals surface area contributed by atoms with Crippen LogP contribution in [0, 0.1) is 5.92 Å². The topological polar surface area (TPSA) is 30.5 Å². The SMILES string of the molecule is CCNC1CCCC(OCCOCC(C)C)C1. The first-order valence-electron chi connectivity index (χ1n) is 7.15. The first kappa shape index (κ1) is 14.9. The lowest BCUT2D eigenvalue weighted by Gasteiger charge is -2.29. The van der Waals surface area contributed by atoms with Crippen molar-refractivity contribution in [2.24, 2.45) is 5.92 Å². The largest absolute Gasteiger partial charge is 0.379 e. The molecule has 0 bridgehead atoms. The average molecular weight is 243 g/mol. The van der Waals surface area contributed by atoms with Crippen molar-refractivity contribution in [3.8, 4) is 0 Å². The van der Waals surface area contributed by atoms with E-state index in [0.717, 1.165) is 32.8 Å². The van der Waals surface area contributed by atoms with Crippen molar-refractivity contribution in [3.05, 3.63) is 0 Å². The highest BCUT2D eigenvalue weighted by molar-refractivity contribution is 4.77. The number of hydrogen-bond donors (Lipinski definition) is 1. The van der Waals surface area contributed by atoms with Gasteiger partial charge in [-0.15, -0.1) is 0 Å². The van der Waals surface area contributed by atoms with E-state index >= 15 is 0 Å². The lowest BCUT2D eigenvalue weighted by molar-refractivity contribution is -0.0191. The van der Waals surface area contributed by atoms with Crippen molar-refractivity contribution in [3.63, 3.8) is 0 Å². The maximum absolute atomic E-state index is 5.88. The van der Waals surface area contributed by atoms with Gasteiger partial charge in [0.25, 0.3) is 0 Å². The molecule has 17 heavy (non-hydrogen) atoms. The number of rotatable bonds is 8. The Bertz CT molecular complexity index is 183. The molecule has 0 spiro atoms. The lowest BCUT2D eigenvalue weighted by Crippen LogP contribution is -2.37. The Labute approximate surface area is 106 Å². The fourth-order valence-corrected chi connectivity index (χ4v) is 2.36. The summed E-state index contributed by atoms with van der Waals surface area (Å²) in [6.45, 7) is 9.90. The maximum atomic E-state index is 5.88. The molecule has 1 aliphatic carbocycles. The number of hydrogen-bond acceptors (Lipinski definition) is 3. The van der Waals surface area contributed by atoms with E-state index in [1.807, 2.05) is 0 Å². The van der Waals surface area contributed by atoms with Crippen LogP contribution in [0.25, 0.3) is 0 Å². The molecule has 1 N–H and O–H groups in total. The first-order chi connectivity index (χ1) is 8.22. The fourth-order valence-electron chi connectivity index (χ4n) is 2.36. The van der Waals surface area contributed by atoms with Crippen molar-refractivity contribution in [1.29, 1.82) is 0 Å². The normalized spacial score (nSPS) is 25.4. The Kier molecular flexibility index (Phi) is 7.82. The van der Waals surface area contributed by atoms with Crippen molar-refractivity contribution in [2.45, 2.75) is 58.6 Å². The molecule has 3 heteroatoms. The van der Waals surface area contributed by atoms with Gasteiger partial charge < -0.3 is 14.8 Å². The predicted molar refractivity (Wildman–Crippen MR) is 71.3 cm³/mol. The molecule has 1 aliphatic rings. The van der Waals surface area contributed by atoms with Crippen molar-refractivity contribution < 1.29 is 9.47 Å². The molecule has 1 saturated carbocycles. The van der Waals surface area contributed by atoms with Gasteiger partial charge in [-0.1, -0.05) is 20.8 Å². The van der Waals surface area contributed by atoms with Crippen LogP contribution < -0.4 is 5.32 Å². The van der Waals surface area contributed by atoms with Gasteiger partial charge in [-0.25, -0.2) is 0 Å². The van der Waals surface area contributed by atoms with Gasteiger partial charge in [0.15, 0.2) is 0 Å². The molecule has 2 unspecified atom stereocenters. The Hall–Kier alpha value is -0.120. The van der Waals surface area contributed by atoms with Crippen LogP contribution in [0.15, 0.2) is 0 Å². The fraction of sp³-hybridized carbons (Fsp3) is 1.00. The zero-order valence-electron chi connectivity index (χ0n) is 11.7. The van der Waals surface area contributed by atoms with Gasteiger partial charge in [0, 0.05) is 12.6 Å². The molecule has 102 valence electrons. The van der Waals surface area contributed by atoms with E-state index in [1.165, 1.54) is 19.3 Å². The molecule has 0 aliphatic heterocycles. The molecule has 0 heterocycles. The van der Waals surface area contributed by atoms with E-state index in [4.69, 9.17) is 9.47 Å². The summed E-state index contributed by atoms with van der Waals surface area (Å²) in [5.74, 6) is 0.614. The monoisotopic (exact) mass is 243 g/mol. The summed E-state index contributed by atoms with van der Waals surface area (Å²) in [7, 11) is 0. The van der Waals surface area contributed by atoms with Gasteiger partial charge >= 0.3 is 0 Å². The Balaban J connectivity index is 2.02. The molecule has 0 radical (unpaired) electrons. The predicted octanol–water partition coefficient (Wildman–Crippen LogP) is 2.60. The highest BCUT2D eigenvalue weighted by Gasteiger charge is 2.21. The number of nitrogens with one attached hydrogen (secondary N) is 1. The van der Waals surface area contributed by atoms with E-state index in [-0.39, 0.29) is 0 Å². The summed E-state index contributed by atoms with van der Waals surface area (Å²) in [4.78, 5) is 0. The molecular weight excluding hydrogens is 214 g/mol. The van der Waals surface area contributed by atoms with Crippen molar-refractivity contribution in [1.82, 2.24) is 5.32 Å². The minimum Gasteiger partial charge on any atom is -0.379 e. The Morgan fingerprint density at radius 2 is 2.06 bits per heavy atom. The van der Waals surface area contributed by atoms with Gasteiger partial charge in [0.05, 0.1) is 19.3 Å².